The van der Waals surface area contributed by atoms with Gasteiger partial charge in [0.1, 0.15) is 5.25 Å². The van der Waals surface area contributed by atoms with Crippen molar-refractivity contribution in [3.63, 3.8) is 0 Å². The van der Waals surface area contributed by atoms with E-state index in [1.54, 1.807) is 14.2 Å². The second-order valence-electron chi connectivity index (χ2n) is 5.94. The zero-order valence-corrected chi connectivity index (χ0v) is 17.1. The van der Waals surface area contributed by atoms with Gasteiger partial charge in [-0.2, -0.15) is 0 Å². The van der Waals surface area contributed by atoms with Crippen LogP contribution in [-0.4, -0.2) is 61.0 Å². The Morgan fingerprint density at radius 1 is 1.26 bits per heavy atom. The summed E-state index contributed by atoms with van der Waals surface area (Å²) in [5.74, 6) is 1.00. The molecule has 8 heteroatoms. The molecule has 2 rings (SSSR count). The van der Waals surface area contributed by atoms with E-state index in [4.69, 9.17) is 9.47 Å². The van der Waals surface area contributed by atoms with Crippen LogP contribution >= 0.6 is 11.8 Å². The summed E-state index contributed by atoms with van der Waals surface area (Å²) in [6, 6.07) is 5.60. The Morgan fingerprint density at radius 3 is 2.63 bits per heavy atom. The summed E-state index contributed by atoms with van der Waals surface area (Å²) in [6.07, 6.45) is 0.780. The summed E-state index contributed by atoms with van der Waals surface area (Å²) in [4.78, 5) is 30.7. The van der Waals surface area contributed by atoms with Crippen LogP contribution in [0.1, 0.15) is 25.8 Å². The van der Waals surface area contributed by atoms with Crippen LogP contribution in [0.2, 0.25) is 0 Å². The first-order valence-electron chi connectivity index (χ1n) is 9.04. The molecule has 0 aromatic heterocycles. The van der Waals surface area contributed by atoms with E-state index in [2.05, 4.69) is 10.3 Å². The number of hydrogen-bond donors (Lipinski definition) is 1. The molecule has 0 saturated carbocycles. The van der Waals surface area contributed by atoms with Crippen LogP contribution in [0, 0.1) is 0 Å². The molecular formula is C19H27N3O4S. The van der Waals surface area contributed by atoms with Crippen LogP contribution in [0.15, 0.2) is 23.2 Å². The second kappa shape index (κ2) is 10.2. The fourth-order valence-electron chi connectivity index (χ4n) is 2.82. The van der Waals surface area contributed by atoms with Gasteiger partial charge in [0.05, 0.1) is 14.2 Å². The van der Waals surface area contributed by atoms with Crippen LogP contribution in [0.5, 0.6) is 11.5 Å². The number of methoxy groups -OCH3 is 2. The van der Waals surface area contributed by atoms with Crippen molar-refractivity contribution >= 4 is 28.7 Å². The molecule has 1 N–H and O–H groups in total. The molecule has 1 heterocycles. The van der Waals surface area contributed by atoms with Crippen LogP contribution in [0.4, 0.5) is 0 Å². The summed E-state index contributed by atoms with van der Waals surface area (Å²) in [7, 11) is 3.16. The van der Waals surface area contributed by atoms with Gasteiger partial charge < -0.3 is 14.8 Å². The number of imide groups is 1. The molecule has 1 saturated heterocycles. The fourth-order valence-corrected chi connectivity index (χ4v) is 3.98. The fraction of sp³-hybridized carbons (Fsp3) is 0.526. The number of thioether (sulfide) groups is 1. The van der Waals surface area contributed by atoms with Crippen LogP contribution in [-0.2, 0) is 16.0 Å². The Bertz CT molecular complexity index is 708. The third kappa shape index (κ3) is 5.38. The van der Waals surface area contributed by atoms with Crippen molar-refractivity contribution in [2.24, 2.45) is 4.99 Å². The predicted molar refractivity (Wildman–Crippen MR) is 108 cm³/mol. The summed E-state index contributed by atoms with van der Waals surface area (Å²) >= 11 is 1.34. The molecule has 1 aromatic rings. The third-order valence-corrected chi connectivity index (χ3v) is 5.31. The smallest absolute Gasteiger partial charge is 0.243 e. The molecule has 0 spiro atoms. The van der Waals surface area contributed by atoms with Crippen molar-refractivity contribution in [2.45, 2.75) is 31.9 Å². The van der Waals surface area contributed by atoms with Crippen LogP contribution in [0.3, 0.4) is 0 Å². The number of hydrogen-bond acceptors (Lipinski definition) is 6. The third-order valence-electron chi connectivity index (χ3n) is 4.16. The molecule has 0 aliphatic carbocycles. The Hall–Kier alpha value is -2.22. The van der Waals surface area contributed by atoms with E-state index in [0.717, 1.165) is 12.1 Å². The molecule has 1 aromatic carbocycles. The van der Waals surface area contributed by atoms with E-state index in [9.17, 15) is 9.59 Å². The van der Waals surface area contributed by atoms with Crippen molar-refractivity contribution in [2.75, 3.05) is 33.9 Å². The summed E-state index contributed by atoms with van der Waals surface area (Å²) < 4.78 is 10.5. The first kappa shape index (κ1) is 21.1. The molecule has 1 fully saturated rings. The van der Waals surface area contributed by atoms with Gasteiger partial charge in [-0.25, -0.2) is 0 Å². The summed E-state index contributed by atoms with van der Waals surface area (Å²) in [6.45, 7) is 5.63. The number of amidine groups is 1. The number of amides is 2. The largest absolute Gasteiger partial charge is 0.493 e. The molecule has 1 aliphatic heterocycles. The molecule has 7 nitrogen and oxygen atoms in total. The predicted octanol–water partition coefficient (Wildman–Crippen LogP) is 2.09. The van der Waals surface area contributed by atoms with Crippen molar-refractivity contribution in [1.82, 2.24) is 10.2 Å². The standard InChI is InChI=1S/C19H27N3O4S/c1-5-20-19(21-6-2)27-16-12-17(23)22(18(16)24)10-9-13-7-8-14(25-3)15(11-13)26-4/h7-8,11,16H,5-6,9-10,12H2,1-4H3,(H,20,21)/t16-/m1/s1. The first-order valence-corrected chi connectivity index (χ1v) is 9.92. The minimum absolute atomic E-state index is 0.134. The molecule has 2 amide bonds. The number of nitrogens with one attached hydrogen (secondary N) is 1. The Labute approximate surface area is 164 Å². The van der Waals surface area contributed by atoms with E-state index in [-0.39, 0.29) is 18.2 Å². The Morgan fingerprint density at radius 2 is 2.00 bits per heavy atom. The first-order chi connectivity index (χ1) is 13.0. The van der Waals surface area contributed by atoms with Crippen molar-refractivity contribution in [3.05, 3.63) is 23.8 Å². The number of aliphatic imine (C=N–C) groups is 1. The van der Waals surface area contributed by atoms with Gasteiger partial charge in [0.2, 0.25) is 11.8 Å². The Balaban J connectivity index is 2.00. The minimum atomic E-state index is -0.410. The number of rotatable bonds is 8. The molecule has 1 atom stereocenters. The summed E-state index contributed by atoms with van der Waals surface area (Å²) in [5, 5.41) is 3.45. The van der Waals surface area contributed by atoms with Gasteiger partial charge in [0.15, 0.2) is 16.7 Å². The molecule has 27 heavy (non-hydrogen) atoms. The number of benzene rings is 1. The number of carbonyl (C=O) groups is 2. The van der Waals surface area contributed by atoms with Gasteiger partial charge >= 0.3 is 0 Å². The van der Waals surface area contributed by atoms with Gasteiger partial charge in [0.25, 0.3) is 0 Å². The van der Waals surface area contributed by atoms with Crippen molar-refractivity contribution in [3.8, 4) is 11.5 Å². The average Bonchev–Trinajstić information content (AvgIpc) is 2.93. The zero-order valence-electron chi connectivity index (χ0n) is 16.3. The van der Waals surface area contributed by atoms with E-state index in [0.29, 0.717) is 36.2 Å². The van der Waals surface area contributed by atoms with E-state index in [1.165, 1.54) is 16.7 Å². The highest BCUT2D eigenvalue weighted by Crippen LogP contribution is 2.29. The lowest BCUT2D eigenvalue weighted by molar-refractivity contribution is -0.138. The van der Waals surface area contributed by atoms with E-state index >= 15 is 0 Å². The molecule has 0 bridgehead atoms. The maximum atomic E-state index is 12.7. The molecule has 0 radical (unpaired) electrons. The molecule has 1 aliphatic rings. The quantitative estimate of drug-likeness (QED) is 0.414. The van der Waals surface area contributed by atoms with Gasteiger partial charge in [0, 0.05) is 26.1 Å². The number of carbonyl (C=O) groups excluding carboxylic acids is 2. The highest BCUT2D eigenvalue weighted by atomic mass is 32.2. The normalized spacial score (nSPS) is 17.4. The van der Waals surface area contributed by atoms with Crippen LogP contribution < -0.4 is 14.8 Å². The lowest BCUT2D eigenvalue weighted by Crippen LogP contribution is -2.34. The van der Waals surface area contributed by atoms with Gasteiger partial charge in [-0.15, -0.1) is 0 Å². The molecular weight excluding hydrogens is 366 g/mol. The highest BCUT2D eigenvalue weighted by molar-refractivity contribution is 8.15. The van der Waals surface area contributed by atoms with Gasteiger partial charge in [-0.3, -0.25) is 19.5 Å². The zero-order chi connectivity index (χ0) is 19.8. The topological polar surface area (TPSA) is 80.2 Å². The highest BCUT2D eigenvalue weighted by Gasteiger charge is 2.39. The lowest BCUT2D eigenvalue weighted by Gasteiger charge is -2.16. The van der Waals surface area contributed by atoms with E-state index in [1.807, 2.05) is 32.0 Å². The molecule has 148 valence electrons. The Kier molecular flexibility index (Phi) is 7.97. The number of likely N-dealkylation sites (tertiary alicyclic amines) is 1. The lowest BCUT2D eigenvalue weighted by atomic mass is 10.1. The maximum Gasteiger partial charge on any atom is 0.243 e. The summed E-state index contributed by atoms with van der Waals surface area (Å²) in [5.41, 5.74) is 0.977. The SMILES string of the molecule is CCN=C(NCC)S[C@@H]1CC(=O)N(CCc2ccc(OC)c(OC)c2)C1=O. The number of nitrogens with zero attached hydrogens (tertiary/aromatic N) is 2. The van der Waals surface area contributed by atoms with E-state index < -0.39 is 5.25 Å². The second-order valence-corrected chi connectivity index (χ2v) is 7.13. The van der Waals surface area contributed by atoms with Crippen molar-refractivity contribution < 1.29 is 19.1 Å². The monoisotopic (exact) mass is 393 g/mol. The minimum Gasteiger partial charge on any atom is -0.493 e. The van der Waals surface area contributed by atoms with Gasteiger partial charge in [-0.1, -0.05) is 17.8 Å². The van der Waals surface area contributed by atoms with Crippen molar-refractivity contribution in [1.29, 1.82) is 0 Å². The number of ether oxygens (including phenoxy) is 2. The maximum absolute atomic E-state index is 12.7. The van der Waals surface area contributed by atoms with Crippen LogP contribution in [0.25, 0.3) is 0 Å². The van der Waals surface area contributed by atoms with Gasteiger partial charge in [-0.05, 0) is 38.0 Å². The molecule has 0 unspecified atom stereocenters. The average molecular weight is 394 g/mol.